The predicted octanol–water partition coefficient (Wildman–Crippen LogP) is 3.33. The molecule has 0 unspecified atom stereocenters. The molecule has 5 heteroatoms. The van der Waals surface area contributed by atoms with E-state index in [1.54, 1.807) is 5.57 Å². The SMILES string of the molecule is C/C(=N/N)[C@@]1(O)CC[C@H]2[C@@H]3CCC4=C/C(=N\N)CC[C@]4(C)[C@H]3CC[C@@]21C. The fraction of sp³-hybridized carbons (Fsp3) is 0.810. The van der Waals surface area contributed by atoms with E-state index in [9.17, 15) is 5.11 Å². The summed E-state index contributed by atoms with van der Waals surface area (Å²) in [5, 5.41) is 19.4. The maximum Gasteiger partial charge on any atom is 0.110 e. The Morgan fingerprint density at radius 2 is 1.81 bits per heavy atom. The number of allylic oxidation sites excluding steroid dienone is 2. The smallest absolute Gasteiger partial charge is 0.110 e. The van der Waals surface area contributed by atoms with E-state index in [-0.39, 0.29) is 10.8 Å². The van der Waals surface area contributed by atoms with Crippen LogP contribution in [0.5, 0.6) is 0 Å². The molecular weight excluding hydrogens is 324 g/mol. The lowest BCUT2D eigenvalue weighted by atomic mass is 9.46. The van der Waals surface area contributed by atoms with Crippen LogP contribution in [0.25, 0.3) is 0 Å². The van der Waals surface area contributed by atoms with Gasteiger partial charge in [0.25, 0.3) is 0 Å². The van der Waals surface area contributed by atoms with Crippen molar-refractivity contribution in [2.45, 2.75) is 77.7 Å². The molecule has 4 aliphatic rings. The molecule has 4 aliphatic carbocycles. The molecule has 6 atom stereocenters. The van der Waals surface area contributed by atoms with Gasteiger partial charge in [-0.25, -0.2) is 0 Å². The first kappa shape index (κ1) is 18.0. The van der Waals surface area contributed by atoms with E-state index < -0.39 is 5.60 Å². The molecule has 0 bridgehead atoms. The van der Waals surface area contributed by atoms with Crippen LogP contribution < -0.4 is 11.7 Å². The number of nitrogens with zero attached hydrogens (tertiary/aromatic N) is 2. The van der Waals surface area contributed by atoms with Gasteiger partial charge in [-0.05, 0) is 87.5 Å². The molecular formula is C21H34N4O. The van der Waals surface area contributed by atoms with Crippen molar-refractivity contribution in [3.8, 4) is 0 Å². The Bertz CT molecular complexity index is 698. The molecule has 0 aromatic rings. The van der Waals surface area contributed by atoms with Crippen LogP contribution in [0.15, 0.2) is 21.9 Å². The molecule has 0 aromatic heterocycles. The number of rotatable bonds is 1. The fourth-order valence-corrected chi connectivity index (χ4v) is 7.39. The summed E-state index contributed by atoms with van der Waals surface area (Å²) in [7, 11) is 0. The first-order chi connectivity index (χ1) is 12.3. The van der Waals surface area contributed by atoms with Crippen molar-refractivity contribution in [2.75, 3.05) is 0 Å². The average Bonchev–Trinajstić information content (AvgIpc) is 2.92. The molecule has 144 valence electrons. The predicted molar refractivity (Wildman–Crippen MR) is 106 cm³/mol. The molecule has 0 amide bonds. The molecule has 4 rings (SSSR count). The summed E-state index contributed by atoms with van der Waals surface area (Å²) in [6.45, 7) is 6.67. The first-order valence-electron chi connectivity index (χ1n) is 10.3. The van der Waals surface area contributed by atoms with Crippen LogP contribution in [0.4, 0.5) is 0 Å². The Morgan fingerprint density at radius 1 is 1.08 bits per heavy atom. The summed E-state index contributed by atoms with van der Waals surface area (Å²) in [6.07, 6.45) is 10.9. The van der Waals surface area contributed by atoms with Crippen molar-refractivity contribution in [1.29, 1.82) is 0 Å². The zero-order chi connectivity index (χ0) is 18.7. The molecule has 3 fully saturated rings. The third kappa shape index (κ3) is 2.12. The molecule has 5 N–H and O–H groups in total. The van der Waals surface area contributed by atoms with Crippen molar-refractivity contribution in [2.24, 2.45) is 50.5 Å². The topological polar surface area (TPSA) is 97.0 Å². The summed E-state index contributed by atoms with van der Waals surface area (Å²) >= 11 is 0. The average molecular weight is 359 g/mol. The normalized spacial score (nSPS) is 50.0. The van der Waals surface area contributed by atoms with Gasteiger partial charge in [0.05, 0.1) is 11.4 Å². The third-order valence-electron chi connectivity index (χ3n) is 9.09. The molecule has 0 aliphatic heterocycles. The van der Waals surface area contributed by atoms with E-state index in [0.717, 1.165) is 44.2 Å². The van der Waals surface area contributed by atoms with Crippen LogP contribution in [0, 0.1) is 28.6 Å². The van der Waals surface area contributed by atoms with E-state index in [1.807, 2.05) is 6.92 Å². The number of nitrogens with two attached hydrogens (primary N) is 2. The van der Waals surface area contributed by atoms with Gasteiger partial charge < -0.3 is 16.8 Å². The van der Waals surface area contributed by atoms with Crippen LogP contribution in [-0.2, 0) is 0 Å². The molecule has 3 saturated carbocycles. The number of hydrogen-bond acceptors (Lipinski definition) is 5. The Kier molecular flexibility index (Phi) is 4.03. The summed E-state index contributed by atoms with van der Waals surface area (Å²) < 4.78 is 0. The highest BCUT2D eigenvalue weighted by Gasteiger charge is 2.64. The number of hydrogen-bond donors (Lipinski definition) is 3. The van der Waals surface area contributed by atoms with Crippen LogP contribution in [0.1, 0.15) is 72.1 Å². The van der Waals surface area contributed by atoms with Crippen molar-refractivity contribution in [1.82, 2.24) is 0 Å². The maximum absolute atomic E-state index is 11.5. The van der Waals surface area contributed by atoms with E-state index in [1.165, 1.54) is 12.8 Å². The number of fused-ring (bicyclic) bond motifs is 5. The second kappa shape index (κ2) is 5.82. The van der Waals surface area contributed by atoms with Gasteiger partial charge in [-0.3, -0.25) is 0 Å². The molecule has 0 aromatic carbocycles. The van der Waals surface area contributed by atoms with E-state index in [4.69, 9.17) is 11.7 Å². The number of hydrazone groups is 2. The quantitative estimate of drug-likeness (QED) is 0.381. The largest absolute Gasteiger partial charge is 0.383 e. The van der Waals surface area contributed by atoms with Crippen LogP contribution in [0.2, 0.25) is 0 Å². The Balaban J connectivity index is 1.68. The van der Waals surface area contributed by atoms with E-state index in [0.29, 0.717) is 23.5 Å². The van der Waals surface area contributed by atoms with Crippen molar-refractivity contribution in [3.05, 3.63) is 11.6 Å². The van der Waals surface area contributed by atoms with Crippen molar-refractivity contribution >= 4 is 11.4 Å². The molecule has 0 heterocycles. The van der Waals surface area contributed by atoms with Gasteiger partial charge in [-0.15, -0.1) is 0 Å². The zero-order valence-corrected chi connectivity index (χ0v) is 16.5. The molecule has 0 spiro atoms. The highest BCUT2D eigenvalue weighted by molar-refractivity contribution is 5.96. The van der Waals surface area contributed by atoms with Crippen molar-refractivity contribution < 1.29 is 5.11 Å². The van der Waals surface area contributed by atoms with E-state index >= 15 is 0 Å². The fourth-order valence-electron chi connectivity index (χ4n) is 7.39. The molecule has 0 radical (unpaired) electrons. The van der Waals surface area contributed by atoms with Gasteiger partial charge in [-0.2, -0.15) is 10.2 Å². The standard InChI is InChI=1S/C21H34N4O/c1-13(24-22)21(26)11-8-18-16-5-4-14-12-15(25-23)6-9-19(14,2)17(16)7-10-20(18,21)3/h12,16-18,26H,4-11,22-23H2,1-3H3/b24-13-,25-15-/t16-,17+,18+,19+,20+,21+/m1/s1. The lowest BCUT2D eigenvalue weighted by Gasteiger charge is -2.59. The lowest BCUT2D eigenvalue weighted by molar-refractivity contribution is -0.0945. The summed E-state index contributed by atoms with van der Waals surface area (Å²) in [6, 6.07) is 0. The Hall–Kier alpha value is -1.36. The third-order valence-corrected chi connectivity index (χ3v) is 9.09. The Labute approximate surface area is 157 Å². The summed E-state index contributed by atoms with van der Waals surface area (Å²) in [5.74, 6) is 13.1. The van der Waals surface area contributed by atoms with Gasteiger partial charge in [0.15, 0.2) is 0 Å². The van der Waals surface area contributed by atoms with Gasteiger partial charge in [0.1, 0.15) is 5.60 Å². The molecule has 5 nitrogen and oxygen atoms in total. The van der Waals surface area contributed by atoms with Gasteiger partial charge in [0, 0.05) is 5.41 Å². The summed E-state index contributed by atoms with van der Waals surface area (Å²) in [5.41, 5.74) is 2.67. The monoisotopic (exact) mass is 358 g/mol. The Morgan fingerprint density at radius 3 is 2.50 bits per heavy atom. The minimum Gasteiger partial charge on any atom is -0.383 e. The molecule has 26 heavy (non-hydrogen) atoms. The first-order valence-corrected chi connectivity index (χ1v) is 10.3. The zero-order valence-electron chi connectivity index (χ0n) is 16.5. The second-order valence-electron chi connectivity index (χ2n) is 9.69. The minimum atomic E-state index is -0.833. The van der Waals surface area contributed by atoms with Crippen LogP contribution in [0.3, 0.4) is 0 Å². The summed E-state index contributed by atoms with van der Waals surface area (Å²) in [4.78, 5) is 0. The van der Waals surface area contributed by atoms with E-state index in [2.05, 4.69) is 30.1 Å². The van der Waals surface area contributed by atoms with Crippen molar-refractivity contribution in [3.63, 3.8) is 0 Å². The maximum atomic E-state index is 11.5. The molecule has 0 saturated heterocycles. The number of aliphatic hydroxyl groups is 1. The van der Waals surface area contributed by atoms with Gasteiger partial charge in [-0.1, -0.05) is 19.4 Å². The lowest BCUT2D eigenvalue weighted by Crippen LogP contribution is -2.57. The van der Waals surface area contributed by atoms with Crippen LogP contribution in [-0.4, -0.2) is 22.1 Å². The second-order valence-corrected chi connectivity index (χ2v) is 9.69. The van der Waals surface area contributed by atoms with Gasteiger partial charge >= 0.3 is 0 Å². The van der Waals surface area contributed by atoms with Gasteiger partial charge in [0.2, 0.25) is 0 Å². The van der Waals surface area contributed by atoms with Crippen LogP contribution >= 0.6 is 0 Å². The highest BCUT2D eigenvalue weighted by atomic mass is 16.3. The highest BCUT2D eigenvalue weighted by Crippen LogP contribution is 2.67. The minimum absolute atomic E-state index is 0.1000.